The van der Waals surface area contributed by atoms with Gasteiger partial charge in [0.05, 0.1) is 4.90 Å². The molecule has 1 aromatic carbocycles. The average Bonchev–Trinajstić information content (AvgIpc) is 3.09. The molecule has 0 bridgehead atoms. The minimum atomic E-state index is -3.79. The molecule has 0 spiro atoms. The summed E-state index contributed by atoms with van der Waals surface area (Å²) >= 11 is 0. The molecule has 2 heterocycles. The maximum atomic E-state index is 13.3. The van der Waals surface area contributed by atoms with Gasteiger partial charge in [0.15, 0.2) is 21.3 Å². The van der Waals surface area contributed by atoms with Crippen molar-refractivity contribution in [3.8, 4) is 11.5 Å². The fraction of sp³-hybridized carbons (Fsp3) is 0.368. The highest BCUT2D eigenvalue weighted by Gasteiger charge is 2.31. The van der Waals surface area contributed by atoms with E-state index in [0.717, 1.165) is 0 Å². The van der Waals surface area contributed by atoms with Crippen molar-refractivity contribution in [3.05, 3.63) is 48.3 Å². The molecule has 0 fully saturated rings. The van der Waals surface area contributed by atoms with E-state index in [1.165, 1.54) is 18.3 Å². The summed E-state index contributed by atoms with van der Waals surface area (Å²) in [6, 6.07) is 7.89. The number of carbonyl (C=O) groups is 1. The summed E-state index contributed by atoms with van der Waals surface area (Å²) < 4.78 is 37.1. The molecule has 0 saturated carbocycles. The number of amides is 1. The Morgan fingerprint density at radius 2 is 2.00 bits per heavy atom. The minimum absolute atomic E-state index is 0.0337. The van der Waals surface area contributed by atoms with Crippen LogP contribution < -0.4 is 14.8 Å². The van der Waals surface area contributed by atoms with Crippen molar-refractivity contribution >= 4 is 15.7 Å². The lowest BCUT2D eigenvalue weighted by molar-refractivity contribution is -0.121. The van der Waals surface area contributed by atoms with Crippen molar-refractivity contribution in [3.63, 3.8) is 0 Å². The van der Waals surface area contributed by atoms with E-state index >= 15 is 0 Å². The zero-order chi connectivity index (χ0) is 19.4. The number of nitrogens with zero attached hydrogens (tertiary/aromatic N) is 1. The number of sulfone groups is 1. The summed E-state index contributed by atoms with van der Waals surface area (Å²) in [6.45, 7) is 3.90. The Kier molecular flexibility index (Phi) is 5.65. The van der Waals surface area contributed by atoms with Crippen LogP contribution in [0, 0.1) is 5.92 Å². The maximum Gasteiger partial charge on any atom is 0.231 e. The van der Waals surface area contributed by atoms with Crippen LogP contribution in [0.3, 0.4) is 0 Å². The third kappa shape index (κ3) is 4.39. The van der Waals surface area contributed by atoms with Gasteiger partial charge < -0.3 is 14.8 Å². The van der Waals surface area contributed by atoms with Crippen LogP contribution in [0.15, 0.2) is 47.6 Å². The van der Waals surface area contributed by atoms with Gasteiger partial charge in [-0.25, -0.2) is 8.42 Å². The van der Waals surface area contributed by atoms with Crippen molar-refractivity contribution in [2.45, 2.75) is 30.4 Å². The van der Waals surface area contributed by atoms with E-state index in [1.54, 1.807) is 24.4 Å². The topological polar surface area (TPSA) is 94.6 Å². The third-order valence-electron chi connectivity index (χ3n) is 4.18. The first-order chi connectivity index (χ1) is 12.9. The molecule has 144 valence electrons. The predicted octanol–water partition coefficient (Wildman–Crippen LogP) is 2.49. The molecule has 1 N–H and O–H groups in total. The van der Waals surface area contributed by atoms with Crippen molar-refractivity contribution < 1.29 is 22.7 Å². The molecule has 27 heavy (non-hydrogen) atoms. The molecule has 2 aromatic rings. The van der Waals surface area contributed by atoms with Crippen LogP contribution in [0.25, 0.3) is 0 Å². The van der Waals surface area contributed by atoms with Gasteiger partial charge >= 0.3 is 0 Å². The lowest BCUT2D eigenvalue weighted by Crippen LogP contribution is -2.32. The van der Waals surface area contributed by atoms with E-state index in [4.69, 9.17) is 9.47 Å². The van der Waals surface area contributed by atoms with Gasteiger partial charge in [0.2, 0.25) is 12.7 Å². The third-order valence-corrected chi connectivity index (χ3v) is 6.28. The molecule has 0 unspecified atom stereocenters. The van der Waals surface area contributed by atoms with Crippen molar-refractivity contribution in [2.75, 3.05) is 13.3 Å². The van der Waals surface area contributed by atoms with Crippen LogP contribution in [0.1, 0.15) is 31.1 Å². The largest absolute Gasteiger partial charge is 0.454 e. The molecule has 1 aliphatic rings. The Bertz CT molecular complexity index is 913. The quantitative estimate of drug-likeness (QED) is 0.781. The van der Waals surface area contributed by atoms with Crippen molar-refractivity contribution in [1.29, 1.82) is 0 Å². The molecule has 7 nitrogen and oxygen atoms in total. The van der Waals surface area contributed by atoms with E-state index in [2.05, 4.69) is 10.3 Å². The van der Waals surface area contributed by atoms with Gasteiger partial charge in [0.25, 0.3) is 0 Å². The lowest BCUT2D eigenvalue weighted by Gasteiger charge is -2.19. The van der Waals surface area contributed by atoms with Gasteiger partial charge in [-0.05, 0) is 29.7 Å². The summed E-state index contributed by atoms with van der Waals surface area (Å²) in [6.07, 6.45) is 3.42. The van der Waals surface area contributed by atoms with Gasteiger partial charge in [-0.2, -0.15) is 0 Å². The number of carbonyl (C=O) groups excluding carboxylic acids is 1. The molecule has 8 heteroatoms. The Morgan fingerprint density at radius 3 is 2.70 bits per heavy atom. The molecule has 1 amide bonds. The Morgan fingerprint density at radius 1 is 1.22 bits per heavy atom. The molecule has 1 atom stereocenters. The van der Waals surface area contributed by atoms with Crippen molar-refractivity contribution in [1.82, 2.24) is 10.3 Å². The predicted molar refractivity (Wildman–Crippen MR) is 99.2 cm³/mol. The summed E-state index contributed by atoms with van der Waals surface area (Å²) in [5.74, 6) is 0.911. The summed E-state index contributed by atoms with van der Waals surface area (Å²) in [5, 5.41) is 1.78. The number of pyridine rings is 1. The number of hydrogen-bond acceptors (Lipinski definition) is 6. The van der Waals surface area contributed by atoms with Crippen LogP contribution in [-0.4, -0.2) is 32.6 Å². The first-order valence-corrected chi connectivity index (χ1v) is 10.2. The first kappa shape index (κ1) is 19.2. The molecule has 1 aromatic heterocycles. The number of hydrogen-bond donors (Lipinski definition) is 1. The van der Waals surface area contributed by atoms with Gasteiger partial charge in [-0.15, -0.1) is 0 Å². The van der Waals surface area contributed by atoms with Crippen LogP contribution in [0.4, 0.5) is 0 Å². The van der Waals surface area contributed by atoms with E-state index in [1.807, 2.05) is 13.8 Å². The fourth-order valence-corrected chi connectivity index (χ4v) is 4.50. The monoisotopic (exact) mass is 390 g/mol. The van der Waals surface area contributed by atoms with Gasteiger partial charge in [-0.1, -0.05) is 19.9 Å². The number of rotatable bonds is 7. The van der Waals surface area contributed by atoms with Crippen molar-refractivity contribution in [2.24, 2.45) is 5.92 Å². The van der Waals surface area contributed by atoms with Gasteiger partial charge in [0.1, 0.15) is 5.25 Å². The minimum Gasteiger partial charge on any atom is -0.454 e. The summed E-state index contributed by atoms with van der Waals surface area (Å²) in [4.78, 5) is 16.2. The normalized spacial score (nSPS) is 14.2. The fourth-order valence-electron chi connectivity index (χ4n) is 2.84. The van der Waals surface area contributed by atoms with Crippen LogP contribution in [0.5, 0.6) is 11.5 Å². The number of benzene rings is 1. The average molecular weight is 390 g/mol. The van der Waals surface area contributed by atoms with Gasteiger partial charge in [0, 0.05) is 31.4 Å². The molecule has 0 aliphatic carbocycles. The number of nitrogens with one attached hydrogen (secondary N) is 1. The van der Waals surface area contributed by atoms with Crippen LogP contribution in [-0.2, 0) is 14.6 Å². The Hall–Kier alpha value is -2.61. The number of aromatic nitrogens is 1. The van der Waals surface area contributed by atoms with E-state index in [0.29, 0.717) is 23.5 Å². The number of fused-ring (bicyclic) bond motifs is 1. The summed E-state index contributed by atoms with van der Waals surface area (Å²) in [7, 11) is -3.79. The molecule has 0 saturated heterocycles. The lowest BCUT2D eigenvalue weighted by atomic mass is 10.1. The molecule has 3 rings (SSSR count). The number of ether oxygens (including phenoxy) is 2. The SMILES string of the molecule is CC(C)CC(=O)NC[C@H](c1cccnc1)S(=O)(=O)c1ccc2c(c1)OCO2. The molecule has 0 radical (unpaired) electrons. The smallest absolute Gasteiger partial charge is 0.231 e. The second-order valence-corrected chi connectivity index (χ2v) is 8.87. The van der Waals surface area contributed by atoms with E-state index < -0.39 is 15.1 Å². The van der Waals surface area contributed by atoms with E-state index in [9.17, 15) is 13.2 Å². The second-order valence-electron chi connectivity index (χ2n) is 6.74. The van der Waals surface area contributed by atoms with Crippen LogP contribution >= 0.6 is 0 Å². The second kappa shape index (κ2) is 7.96. The molecular formula is C19H22N2O5S. The zero-order valence-electron chi connectivity index (χ0n) is 15.2. The van der Waals surface area contributed by atoms with E-state index in [-0.39, 0.29) is 30.1 Å². The van der Waals surface area contributed by atoms with Gasteiger partial charge in [-0.3, -0.25) is 9.78 Å². The standard InChI is InChI=1S/C19H22N2O5S/c1-13(2)8-19(22)21-11-18(14-4-3-7-20-10-14)27(23,24)15-5-6-16-17(9-15)26-12-25-16/h3-7,9-10,13,18H,8,11-12H2,1-2H3,(H,21,22)/t18-/m1/s1. The maximum absolute atomic E-state index is 13.3. The highest BCUT2D eigenvalue weighted by atomic mass is 32.2. The van der Waals surface area contributed by atoms with Crippen LogP contribution in [0.2, 0.25) is 0 Å². The first-order valence-electron chi connectivity index (χ1n) is 8.68. The zero-order valence-corrected chi connectivity index (χ0v) is 16.0. The summed E-state index contributed by atoms with van der Waals surface area (Å²) in [5.41, 5.74) is 0.514. The molecule has 1 aliphatic heterocycles. The highest BCUT2D eigenvalue weighted by molar-refractivity contribution is 7.91. The Balaban J connectivity index is 1.90. The highest BCUT2D eigenvalue weighted by Crippen LogP contribution is 2.37. The Labute approximate surface area is 158 Å². The molecular weight excluding hydrogens is 368 g/mol.